The Morgan fingerprint density at radius 1 is 1.33 bits per heavy atom. The second-order valence-corrected chi connectivity index (χ2v) is 5.53. The number of nitrogens with zero attached hydrogens (tertiary/aromatic N) is 1. The van der Waals surface area contributed by atoms with Gasteiger partial charge < -0.3 is 15.7 Å². The molecule has 1 atom stereocenters. The number of nitrogen functional groups attached to an aromatic ring is 1. The second-order valence-electron chi connectivity index (χ2n) is 5.53. The largest absolute Gasteiger partial charge is 0.478 e. The van der Waals surface area contributed by atoms with Crippen LogP contribution in [-0.2, 0) is 0 Å². The average Bonchev–Trinajstić information content (AvgIpc) is 2.48. The summed E-state index contributed by atoms with van der Waals surface area (Å²) in [5.41, 5.74) is 7.77. The third-order valence-corrected chi connectivity index (χ3v) is 4.02. The van der Waals surface area contributed by atoms with Crippen molar-refractivity contribution in [2.24, 2.45) is 5.92 Å². The lowest BCUT2D eigenvalue weighted by Crippen LogP contribution is -2.30. The monoisotopic (exact) mass is 292 g/mol. The average molecular weight is 292 g/mol. The summed E-state index contributed by atoms with van der Waals surface area (Å²) >= 11 is 0. The van der Waals surface area contributed by atoms with Crippen molar-refractivity contribution in [3.63, 3.8) is 0 Å². The van der Waals surface area contributed by atoms with E-state index < -0.39 is 5.97 Å². The standard InChI is InChI=1S/C17H28N2O2/c1-4-7-8-13(5-2)12-19(6-3)16-10-9-14(17(20)21)11-15(16)18/h9-11,13H,4-8,12,18H2,1-3H3,(H,20,21). The molecule has 0 radical (unpaired) electrons. The van der Waals surface area contributed by atoms with Gasteiger partial charge in [-0.05, 0) is 37.5 Å². The number of carboxylic acid groups (broad SMARTS) is 1. The quantitative estimate of drug-likeness (QED) is 0.675. The molecule has 0 saturated heterocycles. The van der Waals surface area contributed by atoms with Gasteiger partial charge in [0.15, 0.2) is 0 Å². The van der Waals surface area contributed by atoms with Crippen molar-refractivity contribution in [1.29, 1.82) is 0 Å². The molecule has 0 aromatic heterocycles. The molecule has 118 valence electrons. The number of carbonyl (C=O) groups is 1. The van der Waals surface area contributed by atoms with E-state index in [1.165, 1.54) is 19.3 Å². The number of rotatable bonds is 9. The van der Waals surface area contributed by atoms with E-state index in [1.807, 2.05) is 6.07 Å². The number of carboxylic acids is 1. The van der Waals surface area contributed by atoms with Crippen molar-refractivity contribution >= 4 is 17.3 Å². The Morgan fingerprint density at radius 2 is 2.05 bits per heavy atom. The van der Waals surface area contributed by atoms with Crippen molar-refractivity contribution in [3.05, 3.63) is 23.8 Å². The molecule has 1 aromatic rings. The minimum Gasteiger partial charge on any atom is -0.478 e. The maximum Gasteiger partial charge on any atom is 0.335 e. The Kier molecular flexibility index (Phi) is 7.06. The molecule has 4 nitrogen and oxygen atoms in total. The van der Waals surface area contributed by atoms with Gasteiger partial charge in [0, 0.05) is 13.1 Å². The first-order valence-corrected chi connectivity index (χ1v) is 7.91. The molecular weight excluding hydrogens is 264 g/mol. The summed E-state index contributed by atoms with van der Waals surface area (Å²) in [6, 6.07) is 5.01. The van der Waals surface area contributed by atoms with Gasteiger partial charge in [-0.15, -0.1) is 0 Å². The zero-order valence-electron chi connectivity index (χ0n) is 13.4. The summed E-state index contributed by atoms with van der Waals surface area (Å²) in [5, 5.41) is 9.01. The molecule has 0 aliphatic carbocycles. The predicted octanol–water partition coefficient (Wildman–Crippen LogP) is 4.01. The van der Waals surface area contributed by atoms with E-state index in [1.54, 1.807) is 12.1 Å². The lowest BCUT2D eigenvalue weighted by molar-refractivity contribution is 0.0697. The first kappa shape index (κ1) is 17.3. The van der Waals surface area contributed by atoms with E-state index >= 15 is 0 Å². The normalized spacial score (nSPS) is 12.1. The second kappa shape index (κ2) is 8.55. The number of aromatic carboxylic acids is 1. The first-order valence-electron chi connectivity index (χ1n) is 7.91. The van der Waals surface area contributed by atoms with Crippen LogP contribution in [0.25, 0.3) is 0 Å². The summed E-state index contributed by atoms with van der Waals surface area (Å²) in [4.78, 5) is 13.2. The van der Waals surface area contributed by atoms with Crippen LogP contribution in [0.3, 0.4) is 0 Å². The van der Waals surface area contributed by atoms with E-state index in [2.05, 4.69) is 25.7 Å². The molecule has 21 heavy (non-hydrogen) atoms. The Morgan fingerprint density at radius 3 is 2.52 bits per heavy atom. The topological polar surface area (TPSA) is 66.6 Å². The van der Waals surface area contributed by atoms with Gasteiger partial charge in [0.1, 0.15) is 0 Å². The molecule has 1 unspecified atom stereocenters. The third-order valence-electron chi connectivity index (χ3n) is 4.02. The van der Waals surface area contributed by atoms with Gasteiger partial charge in [0.05, 0.1) is 16.9 Å². The zero-order chi connectivity index (χ0) is 15.8. The summed E-state index contributed by atoms with van der Waals surface area (Å²) in [7, 11) is 0. The molecular formula is C17H28N2O2. The van der Waals surface area contributed by atoms with Gasteiger partial charge in [-0.1, -0.05) is 33.1 Å². The maximum absolute atomic E-state index is 11.0. The summed E-state index contributed by atoms with van der Waals surface area (Å²) in [5.74, 6) is -0.283. The first-order chi connectivity index (χ1) is 10.0. The van der Waals surface area contributed by atoms with Crippen LogP contribution in [0.5, 0.6) is 0 Å². The van der Waals surface area contributed by atoms with Crippen molar-refractivity contribution < 1.29 is 9.90 Å². The van der Waals surface area contributed by atoms with E-state index in [9.17, 15) is 4.79 Å². The molecule has 1 aromatic carbocycles. The van der Waals surface area contributed by atoms with Gasteiger partial charge in [0.25, 0.3) is 0 Å². The number of hydrogen-bond acceptors (Lipinski definition) is 3. The minimum atomic E-state index is -0.939. The van der Waals surface area contributed by atoms with Crippen molar-refractivity contribution in [3.8, 4) is 0 Å². The van der Waals surface area contributed by atoms with Crippen LogP contribution in [-0.4, -0.2) is 24.2 Å². The summed E-state index contributed by atoms with van der Waals surface area (Å²) < 4.78 is 0. The van der Waals surface area contributed by atoms with E-state index in [0.717, 1.165) is 25.2 Å². The molecule has 0 amide bonds. The van der Waals surface area contributed by atoms with Crippen molar-refractivity contribution in [1.82, 2.24) is 0 Å². The maximum atomic E-state index is 11.0. The molecule has 4 heteroatoms. The van der Waals surface area contributed by atoms with Gasteiger partial charge in [-0.25, -0.2) is 4.79 Å². The van der Waals surface area contributed by atoms with Crippen LogP contribution in [0.15, 0.2) is 18.2 Å². The Balaban J connectivity index is 2.86. The van der Waals surface area contributed by atoms with Crippen LogP contribution in [0.4, 0.5) is 11.4 Å². The summed E-state index contributed by atoms with van der Waals surface area (Å²) in [6.07, 6.45) is 4.86. The predicted molar refractivity (Wildman–Crippen MR) is 89.0 cm³/mol. The van der Waals surface area contributed by atoms with E-state index in [4.69, 9.17) is 10.8 Å². The molecule has 3 N–H and O–H groups in total. The molecule has 1 rings (SSSR count). The van der Waals surface area contributed by atoms with Gasteiger partial charge in [-0.2, -0.15) is 0 Å². The van der Waals surface area contributed by atoms with Crippen LogP contribution in [0.1, 0.15) is 56.8 Å². The smallest absolute Gasteiger partial charge is 0.335 e. The van der Waals surface area contributed by atoms with Crippen LogP contribution >= 0.6 is 0 Å². The molecule has 0 heterocycles. The van der Waals surface area contributed by atoms with Crippen LogP contribution in [0, 0.1) is 5.92 Å². The zero-order valence-corrected chi connectivity index (χ0v) is 13.4. The highest BCUT2D eigenvalue weighted by Crippen LogP contribution is 2.26. The SMILES string of the molecule is CCCCC(CC)CN(CC)c1ccc(C(=O)O)cc1N. The fraction of sp³-hybridized carbons (Fsp3) is 0.588. The molecule has 0 aliphatic heterocycles. The molecule has 0 aliphatic rings. The Labute approximate surface area is 128 Å². The molecule has 0 bridgehead atoms. The number of hydrogen-bond donors (Lipinski definition) is 2. The number of nitrogens with two attached hydrogens (primary N) is 1. The van der Waals surface area contributed by atoms with Crippen molar-refractivity contribution in [2.75, 3.05) is 23.7 Å². The molecule has 0 spiro atoms. The minimum absolute atomic E-state index is 0.241. The summed E-state index contributed by atoms with van der Waals surface area (Å²) in [6.45, 7) is 8.40. The number of anilines is 2. The number of benzene rings is 1. The Bertz CT molecular complexity index is 460. The van der Waals surface area contributed by atoms with Crippen molar-refractivity contribution in [2.45, 2.75) is 46.5 Å². The Hall–Kier alpha value is -1.71. The van der Waals surface area contributed by atoms with E-state index in [-0.39, 0.29) is 5.56 Å². The highest BCUT2D eigenvalue weighted by Gasteiger charge is 2.15. The lowest BCUT2D eigenvalue weighted by atomic mass is 9.98. The highest BCUT2D eigenvalue weighted by molar-refractivity contribution is 5.90. The van der Waals surface area contributed by atoms with E-state index in [0.29, 0.717) is 11.6 Å². The number of unbranched alkanes of at least 4 members (excludes halogenated alkanes) is 1. The van der Waals surface area contributed by atoms with Gasteiger partial charge in [-0.3, -0.25) is 0 Å². The fourth-order valence-corrected chi connectivity index (χ4v) is 2.60. The lowest BCUT2D eigenvalue weighted by Gasteiger charge is -2.29. The highest BCUT2D eigenvalue weighted by atomic mass is 16.4. The molecule has 0 fully saturated rings. The van der Waals surface area contributed by atoms with Crippen LogP contribution in [0.2, 0.25) is 0 Å². The third kappa shape index (κ3) is 4.96. The fourth-order valence-electron chi connectivity index (χ4n) is 2.60. The molecule has 0 saturated carbocycles. The van der Waals surface area contributed by atoms with Crippen LogP contribution < -0.4 is 10.6 Å². The van der Waals surface area contributed by atoms with Gasteiger partial charge >= 0.3 is 5.97 Å². The van der Waals surface area contributed by atoms with Gasteiger partial charge in [0.2, 0.25) is 0 Å².